The Labute approximate surface area is 133 Å². The fraction of sp³-hybridized carbons (Fsp3) is 0.200. The second-order valence-corrected chi connectivity index (χ2v) is 5.00. The zero-order chi connectivity index (χ0) is 17.3. The number of hydrogen-bond acceptors (Lipinski definition) is 4. The summed E-state index contributed by atoms with van der Waals surface area (Å²) in [7, 11) is 0. The van der Waals surface area contributed by atoms with E-state index in [1.54, 1.807) is 12.1 Å². The van der Waals surface area contributed by atoms with Crippen LogP contribution in [0.15, 0.2) is 41.3 Å². The first-order chi connectivity index (χ1) is 11.3. The van der Waals surface area contributed by atoms with Crippen LogP contribution in [0.25, 0.3) is 0 Å². The van der Waals surface area contributed by atoms with Gasteiger partial charge in [0.2, 0.25) is 12.7 Å². The summed E-state index contributed by atoms with van der Waals surface area (Å²) in [5.41, 5.74) is -1.33. The number of hydrogen-bond donors (Lipinski definition) is 1. The van der Waals surface area contributed by atoms with Gasteiger partial charge in [-0.25, -0.2) is 0 Å². The van der Waals surface area contributed by atoms with Crippen molar-refractivity contribution in [3.8, 4) is 11.5 Å². The number of halogens is 3. The predicted octanol–water partition coefficient (Wildman–Crippen LogP) is 2.23. The number of carbonyl (C=O) groups is 1. The highest BCUT2D eigenvalue weighted by Gasteiger charge is 2.31. The van der Waals surface area contributed by atoms with Crippen molar-refractivity contribution in [2.45, 2.75) is 12.7 Å². The zero-order valence-electron chi connectivity index (χ0n) is 12.1. The highest BCUT2D eigenvalue weighted by Crippen LogP contribution is 2.34. The third-order valence-electron chi connectivity index (χ3n) is 3.28. The molecule has 2 heterocycles. The molecule has 126 valence electrons. The minimum Gasteiger partial charge on any atom is -0.454 e. The number of pyridine rings is 1. The molecule has 1 aliphatic heterocycles. The van der Waals surface area contributed by atoms with Gasteiger partial charge in [0.1, 0.15) is 6.54 Å². The van der Waals surface area contributed by atoms with Gasteiger partial charge in [0.25, 0.3) is 5.56 Å². The van der Waals surface area contributed by atoms with E-state index in [0.717, 1.165) is 6.07 Å². The molecule has 1 amide bonds. The van der Waals surface area contributed by atoms with E-state index in [9.17, 15) is 22.8 Å². The normalized spacial score (nSPS) is 13.0. The van der Waals surface area contributed by atoms with Gasteiger partial charge in [0.05, 0.1) is 5.56 Å². The van der Waals surface area contributed by atoms with Gasteiger partial charge in [-0.1, -0.05) is 0 Å². The van der Waals surface area contributed by atoms with Gasteiger partial charge in [-0.2, -0.15) is 13.2 Å². The standard InChI is InChI=1S/C15H11F3N2O4/c16-15(17,18)9-1-4-14(22)20(6-9)7-13(21)19-10-2-3-11-12(5-10)24-8-23-11/h1-6H,7-8H2,(H,19,21). The summed E-state index contributed by atoms with van der Waals surface area (Å²) in [5.74, 6) is 0.335. The molecule has 24 heavy (non-hydrogen) atoms. The molecule has 0 radical (unpaired) electrons. The van der Waals surface area contributed by atoms with E-state index < -0.39 is 29.8 Å². The third kappa shape index (κ3) is 3.34. The lowest BCUT2D eigenvalue weighted by molar-refractivity contribution is -0.138. The van der Waals surface area contributed by atoms with Gasteiger partial charge in [-0.05, 0) is 18.2 Å². The smallest absolute Gasteiger partial charge is 0.417 e. The molecule has 0 atom stereocenters. The quantitative estimate of drug-likeness (QED) is 0.930. The molecule has 0 saturated carbocycles. The average Bonchev–Trinajstić information content (AvgIpc) is 2.96. The van der Waals surface area contributed by atoms with E-state index in [0.29, 0.717) is 34.0 Å². The SMILES string of the molecule is O=C(Cn1cc(C(F)(F)F)ccc1=O)Nc1ccc2c(c1)OCO2. The van der Waals surface area contributed by atoms with Crippen molar-refractivity contribution in [2.24, 2.45) is 0 Å². The highest BCUT2D eigenvalue weighted by atomic mass is 19.4. The molecule has 2 aromatic rings. The fourth-order valence-electron chi connectivity index (χ4n) is 2.15. The largest absolute Gasteiger partial charge is 0.454 e. The first-order valence-corrected chi connectivity index (χ1v) is 6.80. The number of nitrogens with zero attached hydrogens (tertiary/aromatic N) is 1. The van der Waals surface area contributed by atoms with Crippen molar-refractivity contribution in [3.63, 3.8) is 0 Å². The van der Waals surface area contributed by atoms with Crippen LogP contribution in [-0.2, 0) is 17.5 Å². The molecule has 9 heteroatoms. The van der Waals surface area contributed by atoms with Gasteiger partial charge < -0.3 is 19.4 Å². The molecule has 0 fully saturated rings. The Kier molecular flexibility index (Phi) is 3.92. The second-order valence-electron chi connectivity index (χ2n) is 5.00. The number of carbonyl (C=O) groups excluding carboxylic acids is 1. The second kappa shape index (κ2) is 5.91. The number of alkyl halides is 3. The predicted molar refractivity (Wildman–Crippen MR) is 76.9 cm³/mol. The molecule has 0 aliphatic carbocycles. The fourth-order valence-corrected chi connectivity index (χ4v) is 2.15. The summed E-state index contributed by atoms with van der Waals surface area (Å²) in [5, 5.41) is 2.49. The zero-order valence-corrected chi connectivity index (χ0v) is 12.1. The minimum atomic E-state index is -4.59. The number of anilines is 1. The van der Waals surface area contributed by atoms with Crippen LogP contribution in [0, 0.1) is 0 Å². The van der Waals surface area contributed by atoms with Crippen molar-refractivity contribution >= 4 is 11.6 Å². The van der Waals surface area contributed by atoms with Crippen LogP contribution in [0.2, 0.25) is 0 Å². The maximum Gasteiger partial charge on any atom is 0.417 e. The lowest BCUT2D eigenvalue weighted by atomic mass is 10.2. The van der Waals surface area contributed by atoms with Crippen LogP contribution in [0.1, 0.15) is 5.56 Å². The minimum absolute atomic E-state index is 0.0758. The first-order valence-electron chi connectivity index (χ1n) is 6.80. The third-order valence-corrected chi connectivity index (χ3v) is 3.28. The number of amides is 1. The van der Waals surface area contributed by atoms with Crippen LogP contribution in [-0.4, -0.2) is 17.3 Å². The van der Waals surface area contributed by atoms with Crippen molar-refractivity contribution < 1.29 is 27.4 Å². The van der Waals surface area contributed by atoms with Crippen LogP contribution >= 0.6 is 0 Å². The topological polar surface area (TPSA) is 69.6 Å². The lowest BCUT2D eigenvalue weighted by Gasteiger charge is -2.11. The summed E-state index contributed by atoms with van der Waals surface area (Å²) in [4.78, 5) is 23.6. The number of ether oxygens (including phenoxy) is 2. The van der Waals surface area contributed by atoms with E-state index >= 15 is 0 Å². The Bertz CT molecular complexity index is 845. The van der Waals surface area contributed by atoms with Crippen LogP contribution in [0.5, 0.6) is 11.5 Å². The average molecular weight is 340 g/mol. The Hall–Kier alpha value is -2.97. The number of fused-ring (bicyclic) bond motifs is 1. The van der Waals surface area contributed by atoms with E-state index in [1.807, 2.05) is 0 Å². The first kappa shape index (κ1) is 15.9. The van der Waals surface area contributed by atoms with E-state index in [2.05, 4.69) is 5.32 Å². The maximum absolute atomic E-state index is 12.7. The molecule has 0 unspecified atom stereocenters. The summed E-state index contributed by atoms with van der Waals surface area (Å²) in [6.07, 6.45) is -3.98. The molecule has 0 saturated heterocycles. The van der Waals surface area contributed by atoms with E-state index in [4.69, 9.17) is 9.47 Å². The molecular formula is C15H11F3N2O4. The van der Waals surface area contributed by atoms with Gasteiger partial charge in [-0.3, -0.25) is 9.59 Å². The van der Waals surface area contributed by atoms with E-state index in [1.165, 1.54) is 6.07 Å². The Morgan fingerprint density at radius 2 is 1.92 bits per heavy atom. The van der Waals surface area contributed by atoms with Crippen LogP contribution in [0.3, 0.4) is 0 Å². The number of aromatic nitrogens is 1. The molecule has 1 aromatic carbocycles. The molecule has 3 rings (SSSR count). The van der Waals surface area contributed by atoms with Crippen molar-refractivity contribution in [3.05, 3.63) is 52.4 Å². The number of nitrogens with one attached hydrogen (secondary N) is 1. The van der Waals surface area contributed by atoms with E-state index in [-0.39, 0.29) is 6.79 Å². The Balaban J connectivity index is 1.74. The summed E-state index contributed by atoms with van der Waals surface area (Å²) < 4.78 is 49.0. The van der Waals surface area contributed by atoms with Gasteiger partial charge in [0.15, 0.2) is 11.5 Å². The molecule has 1 aliphatic rings. The van der Waals surface area contributed by atoms with Gasteiger partial charge in [-0.15, -0.1) is 0 Å². The van der Waals surface area contributed by atoms with Gasteiger partial charge >= 0.3 is 6.18 Å². The Morgan fingerprint density at radius 1 is 1.17 bits per heavy atom. The summed E-state index contributed by atoms with van der Waals surface area (Å²) in [6.45, 7) is -0.469. The molecule has 0 bridgehead atoms. The Morgan fingerprint density at radius 3 is 2.67 bits per heavy atom. The van der Waals surface area contributed by atoms with Crippen LogP contribution in [0.4, 0.5) is 18.9 Å². The van der Waals surface area contributed by atoms with Crippen molar-refractivity contribution in [1.82, 2.24) is 4.57 Å². The molecule has 6 nitrogen and oxygen atoms in total. The summed E-state index contributed by atoms with van der Waals surface area (Å²) >= 11 is 0. The molecular weight excluding hydrogens is 329 g/mol. The highest BCUT2D eigenvalue weighted by molar-refractivity contribution is 5.91. The van der Waals surface area contributed by atoms with Crippen molar-refractivity contribution in [1.29, 1.82) is 0 Å². The number of rotatable bonds is 3. The van der Waals surface area contributed by atoms with Crippen LogP contribution < -0.4 is 20.3 Å². The maximum atomic E-state index is 12.7. The molecule has 1 aromatic heterocycles. The monoisotopic (exact) mass is 340 g/mol. The number of benzene rings is 1. The van der Waals surface area contributed by atoms with Crippen molar-refractivity contribution in [2.75, 3.05) is 12.1 Å². The summed E-state index contributed by atoms with van der Waals surface area (Å²) in [6, 6.07) is 6.12. The lowest BCUT2D eigenvalue weighted by Crippen LogP contribution is -2.28. The molecule has 1 N–H and O–H groups in total. The molecule has 0 spiro atoms. The van der Waals surface area contributed by atoms with Gasteiger partial charge in [0, 0.05) is 24.0 Å².